The molecule has 0 saturated heterocycles. The van der Waals surface area contributed by atoms with E-state index in [2.05, 4.69) is 61.7 Å². The van der Waals surface area contributed by atoms with Gasteiger partial charge in [0.15, 0.2) is 0 Å². The quantitative estimate of drug-likeness (QED) is 0.0169. The van der Waals surface area contributed by atoms with Gasteiger partial charge in [-0.3, -0.25) is 19.2 Å². The second-order valence-electron chi connectivity index (χ2n) is 17.9. The summed E-state index contributed by atoms with van der Waals surface area (Å²) in [4.78, 5) is 71.5. The first-order valence-corrected chi connectivity index (χ1v) is 24.3. The standard InChI is InChI=1S/C58H68O14/c1-9-51(61)69-19-11-15-39-25-43-33-44-26-40(16-12-20-70-52(62)10-2)28-46(56(44)66-6)35-48-30-42(18-14-22-72-54(64)24-38(4)60)32-50(58(48)68-8)36-49-31-41(17-13-21-71-53(63)23-37(3)59)29-47(57(49)67-7)34-45(27-39)55(43)65-5/h9-10,25-32H,1-2,11-24,33-36H2,3-8H3. The van der Waals surface area contributed by atoms with E-state index in [0.29, 0.717) is 100 Å². The van der Waals surface area contributed by atoms with Gasteiger partial charge in [0.25, 0.3) is 0 Å². The monoisotopic (exact) mass is 988 g/mol. The molecule has 4 aromatic carbocycles. The van der Waals surface area contributed by atoms with E-state index < -0.39 is 23.9 Å². The minimum atomic E-state index is -0.558. The van der Waals surface area contributed by atoms with Crippen molar-refractivity contribution in [1.29, 1.82) is 0 Å². The van der Waals surface area contributed by atoms with Gasteiger partial charge in [-0.25, -0.2) is 9.59 Å². The molecule has 0 saturated carbocycles. The van der Waals surface area contributed by atoms with Crippen LogP contribution in [0.5, 0.6) is 23.0 Å². The van der Waals surface area contributed by atoms with E-state index in [4.69, 9.17) is 37.9 Å². The number of Topliss-reactive ketones (excluding diaryl/α,β-unsaturated/α-hetero) is 2. The lowest BCUT2D eigenvalue weighted by Gasteiger charge is -2.23. The average molecular weight is 989 g/mol. The fourth-order valence-electron chi connectivity index (χ4n) is 9.25. The van der Waals surface area contributed by atoms with Gasteiger partial charge in [-0.05, 0) is 132 Å². The van der Waals surface area contributed by atoms with Crippen molar-refractivity contribution >= 4 is 35.4 Å². The number of esters is 4. The van der Waals surface area contributed by atoms with Crippen molar-refractivity contribution in [3.63, 3.8) is 0 Å². The van der Waals surface area contributed by atoms with Crippen molar-refractivity contribution in [3.05, 3.63) is 141 Å². The molecule has 0 spiro atoms. The molecule has 4 aromatic rings. The molecule has 14 heteroatoms. The Kier molecular flexibility index (Phi) is 21.6. The number of methoxy groups -OCH3 is 4. The summed E-state index contributed by atoms with van der Waals surface area (Å²) in [6.45, 7) is 10.4. The SMILES string of the molecule is C=CC(=O)OCCCc1cc2c(OC)c(c1)Cc1cc(CCCOC(=O)CC(C)=O)cc(c1OC)Cc1cc(CCCOC(=O)CC(C)=O)cc(c1OC)Cc1cc(CCCOC(=O)C=C)cc(c1OC)C2. The van der Waals surface area contributed by atoms with Crippen LogP contribution in [0.25, 0.3) is 0 Å². The van der Waals surface area contributed by atoms with E-state index in [1.165, 1.54) is 13.8 Å². The predicted octanol–water partition coefficient (Wildman–Crippen LogP) is 8.63. The molecule has 0 amide bonds. The van der Waals surface area contributed by atoms with Crippen LogP contribution in [0.3, 0.4) is 0 Å². The fourth-order valence-corrected chi connectivity index (χ4v) is 9.25. The Hall–Kier alpha value is -7.22. The fraction of sp³-hybridized carbons (Fsp3) is 0.414. The molecule has 0 unspecified atom stereocenters. The van der Waals surface area contributed by atoms with Gasteiger partial charge in [0.05, 0.1) is 54.9 Å². The highest BCUT2D eigenvalue weighted by Gasteiger charge is 2.24. The number of ketones is 2. The average Bonchev–Trinajstić information content (AvgIpc) is 3.33. The lowest BCUT2D eigenvalue weighted by Crippen LogP contribution is -2.11. The number of aryl methyl sites for hydroxylation is 4. The molecular formula is C58H68O14. The summed E-state index contributed by atoms with van der Waals surface area (Å²) in [5.41, 5.74) is 11.2. The van der Waals surface area contributed by atoms with E-state index in [-0.39, 0.29) is 50.8 Å². The third kappa shape index (κ3) is 16.4. The second kappa shape index (κ2) is 28.0. The van der Waals surface area contributed by atoms with Crippen LogP contribution in [0.2, 0.25) is 0 Å². The maximum Gasteiger partial charge on any atom is 0.330 e. The van der Waals surface area contributed by atoms with Gasteiger partial charge >= 0.3 is 23.9 Å². The first kappa shape index (κ1) is 55.7. The van der Waals surface area contributed by atoms with Crippen LogP contribution in [0.1, 0.15) is 119 Å². The molecule has 0 atom stereocenters. The third-order valence-corrected chi connectivity index (χ3v) is 12.1. The number of rotatable bonds is 26. The zero-order valence-electron chi connectivity index (χ0n) is 42.6. The van der Waals surface area contributed by atoms with Crippen molar-refractivity contribution in [2.45, 2.75) is 104 Å². The molecule has 0 fully saturated rings. The van der Waals surface area contributed by atoms with Crippen LogP contribution < -0.4 is 18.9 Å². The van der Waals surface area contributed by atoms with Gasteiger partial charge in [-0.1, -0.05) is 61.7 Å². The van der Waals surface area contributed by atoms with E-state index >= 15 is 0 Å². The van der Waals surface area contributed by atoms with Gasteiger partial charge in [0, 0.05) is 37.8 Å². The van der Waals surface area contributed by atoms with Gasteiger partial charge < -0.3 is 37.9 Å². The zero-order valence-corrected chi connectivity index (χ0v) is 42.6. The maximum absolute atomic E-state index is 12.3. The van der Waals surface area contributed by atoms with E-state index in [0.717, 1.165) is 78.9 Å². The Bertz CT molecular complexity index is 2450. The molecule has 384 valence electrons. The Morgan fingerprint density at radius 3 is 0.819 bits per heavy atom. The molecule has 0 aromatic heterocycles. The molecular weight excluding hydrogens is 921 g/mol. The molecule has 0 N–H and O–H groups in total. The van der Waals surface area contributed by atoms with E-state index in [9.17, 15) is 28.8 Å². The van der Waals surface area contributed by atoms with Crippen LogP contribution in [0.15, 0.2) is 73.8 Å². The molecule has 0 aliphatic heterocycles. The minimum Gasteiger partial charge on any atom is -0.496 e. The normalized spacial score (nSPS) is 11.6. The summed E-state index contributed by atoms with van der Waals surface area (Å²) in [6.07, 6.45) is 7.84. The van der Waals surface area contributed by atoms with Crippen LogP contribution in [-0.2, 0) is 99.1 Å². The van der Waals surface area contributed by atoms with Gasteiger partial charge in [-0.15, -0.1) is 0 Å². The van der Waals surface area contributed by atoms with E-state index in [1.807, 2.05) is 0 Å². The summed E-state index contributed by atoms with van der Waals surface area (Å²) in [5, 5.41) is 0. The first-order chi connectivity index (χ1) is 34.7. The number of hydrogen-bond donors (Lipinski definition) is 0. The number of benzene rings is 4. The molecule has 0 radical (unpaired) electrons. The van der Waals surface area contributed by atoms with Crippen molar-refractivity contribution in [1.82, 2.24) is 0 Å². The number of carbonyl (C=O) groups excluding carboxylic acids is 6. The summed E-state index contributed by atoms with van der Waals surface area (Å²) in [7, 11) is 6.64. The lowest BCUT2D eigenvalue weighted by molar-refractivity contribution is -0.147. The van der Waals surface area contributed by atoms with Gasteiger partial charge in [0.1, 0.15) is 47.4 Å². The molecule has 72 heavy (non-hydrogen) atoms. The highest BCUT2D eigenvalue weighted by molar-refractivity contribution is 5.94. The summed E-state index contributed by atoms with van der Waals surface area (Å²) < 4.78 is 46.9. The lowest BCUT2D eigenvalue weighted by atomic mass is 9.87. The highest BCUT2D eigenvalue weighted by atomic mass is 16.5. The Morgan fingerprint density at radius 1 is 0.403 bits per heavy atom. The first-order valence-electron chi connectivity index (χ1n) is 24.3. The molecule has 1 aliphatic rings. The van der Waals surface area contributed by atoms with Crippen LogP contribution in [0.4, 0.5) is 0 Å². The molecule has 1 aliphatic carbocycles. The van der Waals surface area contributed by atoms with Gasteiger partial charge in [0.2, 0.25) is 0 Å². The predicted molar refractivity (Wildman–Crippen MR) is 271 cm³/mol. The summed E-state index contributed by atoms with van der Waals surface area (Å²) in [6, 6.07) is 17.0. The summed E-state index contributed by atoms with van der Waals surface area (Å²) >= 11 is 0. The number of hydrogen-bond acceptors (Lipinski definition) is 14. The van der Waals surface area contributed by atoms with Crippen LogP contribution in [-0.4, -0.2) is 90.3 Å². The van der Waals surface area contributed by atoms with E-state index in [1.54, 1.807) is 28.4 Å². The minimum absolute atomic E-state index is 0.140. The zero-order chi connectivity index (χ0) is 52.2. The Morgan fingerprint density at radius 2 is 0.625 bits per heavy atom. The Balaban J connectivity index is 1.72. The highest BCUT2D eigenvalue weighted by Crippen LogP contribution is 2.41. The largest absolute Gasteiger partial charge is 0.496 e. The smallest absolute Gasteiger partial charge is 0.330 e. The topological polar surface area (TPSA) is 176 Å². The second-order valence-corrected chi connectivity index (χ2v) is 17.9. The van der Waals surface area contributed by atoms with Crippen LogP contribution in [0, 0.1) is 0 Å². The van der Waals surface area contributed by atoms with Crippen molar-refractivity contribution in [3.8, 4) is 23.0 Å². The Labute approximate surface area is 423 Å². The number of carbonyl (C=O) groups is 6. The van der Waals surface area contributed by atoms with Crippen molar-refractivity contribution in [2.75, 3.05) is 54.9 Å². The van der Waals surface area contributed by atoms with Crippen molar-refractivity contribution < 1.29 is 66.7 Å². The molecule has 5 rings (SSSR count). The summed E-state index contributed by atoms with van der Waals surface area (Å²) in [5.74, 6) is 0.162. The van der Waals surface area contributed by atoms with Crippen LogP contribution >= 0.6 is 0 Å². The van der Waals surface area contributed by atoms with Crippen molar-refractivity contribution in [2.24, 2.45) is 0 Å². The van der Waals surface area contributed by atoms with Gasteiger partial charge in [-0.2, -0.15) is 0 Å². The molecule has 0 heterocycles. The number of ether oxygens (including phenoxy) is 8. The third-order valence-electron chi connectivity index (χ3n) is 12.1. The maximum atomic E-state index is 12.3. The molecule has 8 bridgehead atoms. The number of fused-ring (bicyclic) bond motifs is 8. The molecule has 14 nitrogen and oxygen atoms in total.